The van der Waals surface area contributed by atoms with Gasteiger partial charge in [0.05, 0.1) is 16.8 Å². The molecule has 3 N–H and O–H groups in total. The molecule has 0 aliphatic rings. The van der Waals surface area contributed by atoms with Gasteiger partial charge in [-0.3, -0.25) is 4.79 Å². The van der Waals surface area contributed by atoms with Crippen LogP contribution in [-0.4, -0.2) is 16.2 Å². The first-order valence-electron chi connectivity index (χ1n) is 6.73. The number of nitrogens with one attached hydrogen (secondary N) is 1. The van der Waals surface area contributed by atoms with Gasteiger partial charge in [-0.05, 0) is 61.9 Å². The zero-order valence-corrected chi connectivity index (χ0v) is 13.9. The normalized spacial score (nSPS) is 13.5. The fraction of sp³-hybridized carbons (Fsp3) is 0.188. The fourth-order valence-corrected chi connectivity index (χ4v) is 3.27. The molecule has 2 rings (SSSR count). The monoisotopic (exact) mass is 336 g/mol. The van der Waals surface area contributed by atoms with Crippen molar-refractivity contribution in [2.75, 3.05) is 5.32 Å². The summed E-state index contributed by atoms with van der Waals surface area (Å²) < 4.78 is 12.6. The number of nitrogens with two attached hydrogens (primary N) is 1. The lowest BCUT2D eigenvalue weighted by atomic mass is 10.2. The highest BCUT2D eigenvalue weighted by atomic mass is 35.5. The molecule has 0 aliphatic heterocycles. The van der Waals surface area contributed by atoms with E-state index >= 15 is 0 Å². The second kappa shape index (κ2) is 7.05. The van der Waals surface area contributed by atoms with Gasteiger partial charge >= 0.3 is 0 Å². The van der Waals surface area contributed by atoms with E-state index in [1.807, 2.05) is 6.92 Å². The smallest absolute Gasteiger partial charge is 0.240 e. The van der Waals surface area contributed by atoms with Crippen LogP contribution in [0.1, 0.15) is 12.5 Å². The van der Waals surface area contributed by atoms with Crippen molar-refractivity contribution in [2.45, 2.75) is 29.7 Å². The average molecular weight is 337 g/mol. The molecule has 2 unspecified atom stereocenters. The second-order valence-electron chi connectivity index (χ2n) is 4.98. The van der Waals surface area contributed by atoms with Gasteiger partial charge in [-0.1, -0.05) is 11.6 Å². The van der Waals surface area contributed by atoms with E-state index in [4.69, 9.17) is 17.3 Å². The second-order valence-corrected chi connectivity index (χ2v) is 6.87. The van der Waals surface area contributed by atoms with Crippen LogP contribution in [0.4, 0.5) is 5.69 Å². The highest BCUT2D eigenvalue weighted by molar-refractivity contribution is 7.85. The summed E-state index contributed by atoms with van der Waals surface area (Å²) in [6.45, 7) is 3.48. The molecule has 116 valence electrons. The van der Waals surface area contributed by atoms with Crippen LogP contribution in [-0.2, 0) is 15.6 Å². The van der Waals surface area contributed by atoms with Gasteiger partial charge in [0.25, 0.3) is 0 Å². The van der Waals surface area contributed by atoms with E-state index < -0.39 is 16.8 Å². The molecule has 0 bridgehead atoms. The van der Waals surface area contributed by atoms with Crippen molar-refractivity contribution < 1.29 is 9.00 Å². The number of rotatable bonds is 4. The Bertz CT molecular complexity index is 715. The largest absolute Gasteiger partial charge is 0.325 e. The van der Waals surface area contributed by atoms with E-state index in [0.717, 1.165) is 10.5 Å². The van der Waals surface area contributed by atoms with E-state index in [-0.39, 0.29) is 5.91 Å². The number of benzene rings is 2. The van der Waals surface area contributed by atoms with E-state index in [9.17, 15) is 9.00 Å². The molecule has 0 heterocycles. The maximum atomic E-state index is 12.6. The minimum Gasteiger partial charge on any atom is -0.325 e. The molecule has 0 aliphatic carbocycles. The highest BCUT2D eigenvalue weighted by Gasteiger charge is 2.11. The predicted octanol–water partition coefficient (Wildman–Crippen LogP) is 3.10. The molecular formula is C16H17ClN2O2S. The van der Waals surface area contributed by atoms with Crippen molar-refractivity contribution in [3.8, 4) is 0 Å². The van der Waals surface area contributed by atoms with Crippen molar-refractivity contribution in [2.24, 2.45) is 5.73 Å². The van der Waals surface area contributed by atoms with Crippen molar-refractivity contribution in [1.29, 1.82) is 0 Å². The summed E-state index contributed by atoms with van der Waals surface area (Å²) in [5.74, 6) is -0.262. The number of carbonyl (C=O) groups is 1. The summed E-state index contributed by atoms with van der Waals surface area (Å²) >= 11 is 5.91. The molecule has 6 heteroatoms. The molecule has 2 aromatic rings. The molecule has 0 saturated heterocycles. The first-order chi connectivity index (χ1) is 10.4. The summed E-state index contributed by atoms with van der Waals surface area (Å²) in [5.41, 5.74) is 6.99. The van der Waals surface area contributed by atoms with E-state index in [1.54, 1.807) is 49.4 Å². The molecule has 0 fully saturated rings. The van der Waals surface area contributed by atoms with Crippen molar-refractivity contribution in [3.63, 3.8) is 0 Å². The Kier molecular flexibility index (Phi) is 5.34. The van der Waals surface area contributed by atoms with Gasteiger partial charge in [0, 0.05) is 20.5 Å². The van der Waals surface area contributed by atoms with Crippen LogP contribution in [0.3, 0.4) is 0 Å². The third-order valence-corrected chi connectivity index (χ3v) is 4.88. The molecular weight excluding hydrogens is 320 g/mol. The van der Waals surface area contributed by atoms with Crippen LogP contribution >= 0.6 is 11.6 Å². The van der Waals surface area contributed by atoms with E-state index in [0.29, 0.717) is 15.6 Å². The molecule has 0 saturated carbocycles. The highest BCUT2D eigenvalue weighted by Crippen LogP contribution is 2.23. The van der Waals surface area contributed by atoms with Gasteiger partial charge in [-0.2, -0.15) is 0 Å². The Morgan fingerprint density at radius 1 is 1.23 bits per heavy atom. The van der Waals surface area contributed by atoms with Crippen molar-refractivity contribution in [3.05, 3.63) is 53.1 Å². The topological polar surface area (TPSA) is 72.2 Å². The van der Waals surface area contributed by atoms with Crippen molar-refractivity contribution >= 4 is 34.0 Å². The molecule has 4 nitrogen and oxygen atoms in total. The first-order valence-corrected chi connectivity index (χ1v) is 8.25. The van der Waals surface area contributed by atoms with Gasteiger partial charge in [0.2, 0.25) is 5.91 Å². The Morgan fingerprint density at radius 3 is 2.41 bits per heavy atom. The van der Waals surface area contributed by atoms with E-state index in [2.05, 4.69) is 5.32 Å². The van der Waals surface area contributed by atoms with Crippen LogP contribution in [0.2, 0.25) is 5.02 Å². The Morgan fingerprint density at radius 2 is 1.86 bits per heavy atom. The van der Waals surface area contributed by atoms with Gasteiger partial charge in [0.1, 0.15) is 0 Å². The maximum absolute atomic E-state index is 12.6. The number of amides is 1. The summed E-state index contributed by atoms with van der Waals surface area (Å²) in [6, 6.07) is 11.6. The minimum atomic E-state index is -1.29. The number of hydrogen-bond acceptors (Lipinski definition) is 3. The van der Waals surface area contributed by atoms with Crippen molar-refractivity contribution in [1.82, 2.24) is 0 Å². The lowest BCUT2D eigenvalue weighted by Crippen LogP contribution is -2.32. The zero-order valence-electron chi connectivity index (χ0n) is 12.3. The number of anilines is 1. The zero-order chi connectivity index (χ0) is 16.3. The van der Waals surface area contributed by atoms with Crippen LogP contribution < -0.4 is 11.1 Å². The minimum absolute atomic E-state index is 0.262. The molecule has 1 amide bonds. The number of halogens is 1. The van der Waals surface area contributed by atoms with Gasteiger partial charge in [0.15, 0.2) is 0 Å². The average Bonchev–Trinajstić information content (AvgIpc) is 2.47. The fourth-order valence-electron chi connectivity index (χ4n) is 1.87. The van der Waals surface area contributed by atoms with Crippen LogP contribution in [0.5, 0.6) is 0 Å². The molecule has 2 atom stereocenters. The Balaban J connectivity index is 2.19. The number of aryl methyl sites for hydroxylation is 1. The van der Waals surface area contributed by atoms with Crippen LogP contribution in [0.15, 0.2) is 52.3 Å². The predicted molar refractivity (Wildman–Crippen MR) is 89.6 cm³/mol. The summed E-state index contributed by atoms with van der Waals surface area (Å²) in [4.78, 5) is 12.9. The lowest BCUT2D eigenvalue weighted by Gasteiger charge is -2.09. The molecule has 0 spiro atoms. The lowest BCUT2D eigenvalue weighted by molar-refractivity contribution is -0.117. The summed E-state index contributed by atoms with van der Waals surface area (Å²) in [5, 5.41) is 3.30. The van der Waals surface area contributed by atoms with Crippen LogP contribution in [0, 0.1) is 6.92 Å². The van der Waals surface area contributed by atoms with Gasteiger partial charge in [-0.25, -0.2) is 4.21 Å². The SMILES string of the molecule is Cc1cc(Cl)ccc1S(=O)c1ccc(NC(=O)C(C)N)cc1. The molecule has 22 heavy (non-hydrogen) atoms. The summed E-state index contributed by atoms with van der Waals surface area (Å²) in [7, 11) is -1.29. The quantitative estimate of drug-likeness (QED) is 0.901. The third kappa shape index (κ3) is 3.94. The van der Waals surface area contributed by atoms with Gasteiger partial charge < -0.3 is 11.1 Å². The summed E-state index contributed by atoms with van der Waals surface area (Å²) in [6.07, 6.45) is 0. The molecule has 0 aromatic heterocycles. The van der Waals surface area contributed by atoms with Gasteiger partial charge in [-0.15, -0.1) is 0 Å². The molecule has 2 aromatic carbocycles. The van der Waals surface area contributed by atoms with E-state index in [1.165, 1.54) is 0 Å². The number of hydrogen-bond donors (Lipinski definition) is 2. The Hall–Kier alpha value is -1.69. The number of carbonyl (C=O) groups excluding carboxylic acids is 1. The Labute approximate surface area is 137 Å². The standard InChI is InChI=1S/C16H17ClN2O2S/c1-10-9-12(17)3-8-15(10)22(21)14-6-4-13(5-7-14)19-16(20)11(2)18/h3-9,11H,18H2,1-2H3,(H,19,20). The molecule has 0 radical (unpaired) electrons. The first kappa shape index (κ1) is 16.7. The van der Waals surface area contributed by atoms with Crippen LogP contribution in [0.25, 0.3) is 0 Å². The third-order valence-electron chi connectivity index (χ3n) is 3.09. The maximum Gasteiger partial charge on any atom is 0.240 e.